The van der Waals surface area contributed by atoms with Crippen LogP contribution in [0.1, 0.15) is 23.7 Å². The number of benzene rings is 1. The zero-order valence-corrected chi connectivity index (χ0v) is 12.1. The molecule has 2 aromatic rings. The summed E-state index contributed by atoms with van der Waals surface area (Å²) in [5.74, 6) is 6.45. The Kier molecular flexibility index (Phi) is 4.53. The summed E-state index contributed by atoms with van der Waals surface area (Å²) < 4.78 is 5.80. The largest absolute Gasteiger partial charge is 0.471 e. The number of nitrogens with two attached hydrogens (primary N) is 1. The van der Waals surface area contributed by atoms with E-state index in [4.69, 9.17) is 10.6 Å². The van der Waals surface area contributed by atoms with Crippen LogP contribution in [0.2, 0.25) is 0 Å². The number of aromatic nitrogens is 2. The normalized spacial score (nSPS) is 10.4. The smallest absolute Gasteiger partial charge is 0.235 e. The van der Waals surface area contributed by atoms with Gasteiger partial charge >= 0.3 is 0 Å². The molecule has 2 rings (SSSR count). The van der Waals surface area contributed by atoms with Crippen LogP contribution in [0.4, 0.5) is 5.69 Å². The minimum absolute atomic E-state index is 0.431. The minimum Gasteiger partial charge on any atom is -0.471 e. The quantitative estimate of drug-likeness (QED) is 0.668. The Labute approximate surface area is 119 Å². The molecule has 0 bridgehead atoms. The molecule has 0 aliphatic carbocycles. The van der Waals surface area contributed by atoms with E-state index in [0.717, 1.165) is 23.4 Å². The Hall–Kier alpha value is -2.14. The van der Waals surface area contributed by atoms with Gasteiger partial charge in [-0.2, -0.15) is 0 Å². The van der Waals surface area contributed by atoms with E-state index in [1.54, 1.807) is 17.4 Å². The topological polar surface area (TPSA) is 64.3 Å². The monoisotopic (exact) mass is 272 g/mol. The van der Waals surface area contributed by atoms with Crippen LogP contribution >= 0.6 is 0 Å². The van der Waals surface area contributed by atoms with Crippen LogP contribution in [0.5, 0.6) is 5.88 Å². The van der Waals surface area contributed by atoms with Crippen molar-refractivity contribution in [1.29, 1.82) is 0 Å². The van der Waals surface area contributed by atoms with Gasteiger partial charge in [0, 0.05) is 25.0 Å². The molecular formula is C15H20N4O. The van der Waals surface area contributed by atoms with Gasteiger partial charge in [-0.3, -0.25) is 4.98 Å². The number of ether oxygens (including phenoxy) is 1. The summed E-state index contributed by atoms with van der Waals surface area (Å²) >= 11 is 0. The third-order valence-corrected chi connectivity index (χ3v) is 3.20. The SMILES string of the molecule is CCc1cccc(N(C)N)c1COc1nccnc1C. The minimum atomic E-state index is 0.431. The molecule has 0 atom stereocenters. The predicted octanol–water partition coefficient (Wildman–Crippen LogP) is 2.24. The van der Waals surface area contributed by atoms with Gasteiger partial charge in [0.05, 0.1) is 11.4 Å². The lowest BCUT2D eigenvalue weighted by atomic mass is 10.0. The molecule has 1 aromatic carbocycles. The van der Waals surface area contributed by atoms with Gasteiger partial charge in [-0.25, -0.2) is 10.8 Å². The fraction of sp³-hybridized carbons (Fsp3) is 0.333. The van der Waals surface area contributed by atoms with Gasteiger partial charge in [-0.05, 0) is 25.0 Å². The summed E-state index contributed by atoms with van der Waals surface area (Å²) in [6.45, 7) is 4.43. The molecule has 0 fully saturated rings. The first-order valence-electron chi connectivity index (χ1n) is 6.63. The Balaban J connectivity index is 2.26. The Bertz CT molecular complexity index is 584. The van der Waals surface area contributed by atoms with Gasteiger partial charge < -0.3 is 9.75 Å². The molecule has 5 nitrogen and oxygen atoms in total. The molecule has 0 saturated heterocycles. The van der Waals surface area contributed by atoms with Gasteiger partial charge in [0.1, 0.15) is 6.61 Å². The van der Waals surface area contributed by atoms with E-state index in [0.29, 0.717) is 12.5 Å². The van der Waals surface area contributed by atoms with E-state index in [1.165, 1.54) is 5.56 Å². The molecule has 0 amide bonds. The van der Waals surface area contributed by atoms with Crippen LogP contribution in [-0.4, -0.2) is 17.0 Å². The lowest BCUT2D eigenvalue weighted by Crippen LogP contribution is -2.27. The zero-order valence-electron chi connectivity index (χ0n) is 12.1. The molecule has 2 N–H and O–H groups in total. The first-order chi connectivity index (χ1) is 9.63. The van der Waals surface area contributed by atoms with Crippen molar-refractivity contribution in [3.8, 4) is 5.88 Å². The molecular weight excluding hydrogens is 252 g/mol. The second kappa shape index (κ2) is 6.34. The van der Waals surface area contributed by atoms with Gasteiger partial charge in [0.15, 0.2) is 0 Å². The lowest BCUT2D eigenvalue weighted by Gasteiger charge is -2.20. The first kappa shape index (κ1) is 14.3. The number of anilines is 1. The summed E-state index contributed by atoms with van der Waals surface area (Å²) in [5.41, 5.74) is 4.06. The molecule has 0 radical (unpaired) electrons. The maximum atomic E-state index is 5.89. The summed E-state index contributed by atoms with van der Waals surface area (Å²) in [7, 11) is 1.83. The van der Waals surface area contributed by atoms with Crippen LogP contribution in [0.3, 0.4) is 0 Å². The van der Waals surface area contributed by atoms with Crippen LogP contribution in [0.25, 0.3) is 0 Å². The van der Waals surface area contributed by atoms with Gasteiger partial charge in [0.2, 0.25) is 5.88 Å². The van der Waals surface area contributed by atoms with Crippen molar-refractivity contribution in [2.24, 2.45) is 5.84 Å². The summed E-state index contributed by atoms with van der Waals surface area (Å²) in [6, 6.07) is 6.09. The van der Waals surface area contributed by atoms with Crippen LogP contribution in [0, 0.1) is 6.92 Å². The number of hydrogen-bond donors (Lipinski definition) is 1. The third-order valence-electron chi connectivity index (χ3n) is 3.20. The molecule has 0 spiro atoms. The Morgan fingerprint density at radius 2 is 2.00 bits per heavy atom. The second-order valence-corrected chi connectivity index (χ2v) is 4.61. The summed E-state index contributed by atoms with van der Waals surface area (Å²) in [4.78, 5) is 8.36. The van der Waals surface area contributed by atoms with Crippen molar-refractivity contribution in [2.75, 3.05) is 12.1 Å². The highest BCUT2D eigenvalue weighted by molar-refractivity contribution is 5.55. The average Bonchev–Trinajstić information content (AvgIpc) is 2.46. The highest BCUT2D eigenvalue weighted by Gasteiger charge is 2.11. The predicted molar refractivity (Wildman–Crippen MR) is 79.5 cm³/mol. The zero-order chi connectivity index (χ0) is 14.5. The van der Waals surface area contributed by atoms with Gasteiger partial charge in [-0.15, -0.1) is 0 Å². The molecule has 1 aromatic heterocycles. The van der Waals surface area contributed by atoms with E-state index >= 15 is 0 Å². The maximum absolute atomic E-state index is 5.89. The molecule has 20 heavy (non-hydrogen) atoms. The number of hydrogen-bond acceptors (Lipinski definition) is 5. The standard InChI is InChI=1S/C15H20N4O/c1-4-12-6-5-7-14(19(3)16)13(12)10-20-15-11(2)17-8-9-18-15/h5-9H,4,10,16H2,1-3H3. The molecule has 0 aliphatic heterocycles. The first-order valence-corrected chi connectivity index (χ1v) is 6.63. The molecule has 0 saturated carbocycles. The van der Waals surface area contributed by atoms with E-state index < -0.39 is 0 Å². The van der Waals surface area contributed by atoms with Crippen LogP contribution in [-0.2, 0) is 13.0 Å². The second-order valence-electron chi connectivity index (χ2n) is 4.61. The Morgan fingerprint density at radius 3 is 2.65 bits per heavy atom. The van der Waals surface area contributed by atoms with E-state index in [2.05, 4.69) is 23.0 Å². The van der Waals surface area contributed by atoms with Crippen molar-refractivity contribution in [2.45, 2.75) is 26.9 Å². The Morgan fingerprint density at radius 1 is 1.25 bits per heavy atom. The van der Waals surface area contributed by atoms with Crippen molar-refractivity contribution in [3.05, 3.63) is 47.4 Å². The van der Waals surface area contributed by atoms with E-state index in [9.17, 15) is 0 Å². The third kappa shape index (κ3) is 3.05. The molecule has 106 valence electrons. The highest BCUT2D eigenvalue weighted by atomic mass is 16.5. The lowest BCUT2D eigenvalue weighted by molar-refractivity contribution is 0.289. The van der Waals surface area contributed by atoms with Gasteiger partial charge in [-0.1, -0.05) is 19.1 Å². The van der Waals surface area contributed by atoms with Crippen molar-refractivity contribution in [3.63, 3.8) is 0 Å². The molecule has 0 aliphatic rings. The van der Waals surface area contributed by atoms with Crippen LogP contribution in [0.15, 0.2) is 30.6 Å². The highest BCUT2D eigenvalue weighted by Crippen LogP contribution is 2.24. The molecule has 5 heteroatoms. The van der Waals surface area contributed by atoms with Gasteiger partial charge in [0.25, 0.3) is 0 Å². The molecule has 0 unspecified atom stereocenters. The van der Waals surface area contributed by atoms with Crippen molar-refractivity contribution < 1.29 is 4.74 Å². The maximum Gasteiger partial charge on any atom is 0.235 e. The summed E-state index contributed by atoms with van der Waals surface area (Å²) in [6.07, 6.45) is 4.21. The number of hydrazine groups is 1. The summed E-state index contributed by atoms with van der Waals surface area (Å²) in [5, 5.41) is 1.61. The van der Waals surface area contributed by atoms with E-state index in [-0.39, 0.29) is 0 Å². The van der Waals surface area contributed by atoms with E-state index in [1.807, 2.05) is 26.1 Å². The number of nitrogens with zero attached hydrogens (tertiary/aromatic N) is 3. The fourth-order valence-corrected chi connectivity index (χ4v) is 2.13. The average molecular weight is 272 g/mol. The van der Waals surface area contributed by atoms with Crippen molar-refractivity contribution >= 4 is 5.69 Å². The van der Waals surface area contributed by atoms with Crippen molar-refractivity contribution in [1.82, 2.24) is 9.97 Å². The number of rotatable bonds is 5. The molecule has 1 heterocycles. The fourth-order valence-electron chi connectivity index (χ4n) is 2.13. The van der Waals surface area contributed by atoms with Crippen LogP contribution < -0.4 is 15.6 Å². The number of aryl methyl sites for hydroxylation is 2.